The van der Waals surface area contributed by atoms with Crippen LogP contribution >= 0.6 is 11.3 Å². The van der Waals surface area contributed by atoms with Gasteiger partial charge in [0.05, 0.1) is 13.2 Å². The van der Waals surface area contributed by atoms with Gasteiger partial charge in [0, 0.05) is 38.8 Å². The Hall–Kier alpha value is -1.58. The van der Waals surface area contributed by atoms with Crippen molar-refractivity contribution >= 4 is 28.3 Å². The summed E-state index contributed by atoms with van der Waals surface area (Å²) in [4.78, 5) is 25.8. The molecule has 9 heteroatoms. The maximum atomic E-state index is 12.2. The van der Waals surface area contributed by atoms with Gasteiger partial charge in [-0.05, 0) is 6.92 Å². The van der Waals surface area contributed by atoms with E-state index < -0.39 is 5.79 Å². The van der Waals surface area contributed by atoms with Crippen LogP contribution in [0.15, 0.2) is 0 Å². The molecule has 1 aromatic heterocycles. The summed E-state index contributed by atoms with van der Waals surface area (Å²) in [5, 5.41) is 11.6. The number of rotatable bonds is 4. The van der Waals surface area contributed by atoms with E-state index in [4.69, 9.17) is 9.47 Å². The first-order valence-electron chi connectivity index (χ1n) is 7.72. The molecule has 1 N–H and O–H groups in total. The second-order valence-electron chi connectivity index (χ2n) is 5.66. The zero-order valence-electron chi connectivity index (χ0n) is 13.0. The summed E-state index contributed by atoms with van der Waals surface area (Å²) in [6.07, 6.45) is 1.72. The molecule has 2 aliphatic rings. The van der Waals surface area contributed by atoms with Gasteiger partial charge in [0.2, 0.25) is 16.9 Å². The normalized spacial score (nSPS) is 20.0. The van der Waals surface area contributed by atoms with Crippen LogP contribution in [-0.2, 0) is 19.1 Å². The number of aryl methyl sites for hydroxylation is 1. The summed E-state index contributed by atoms with van der Waals surface area (Å²) >= 11 is 1.31. The molecule has 2 aliphatic heterocycles. The molecule has 0 saturated carbocycles. The van der Waals surface area contributed by atoms with Crippen molar-refractivity contribution in [2.24, 2.45) is 0 Å². The lowest BCUT2D eigenvalue weighted by atomic mass is 10.0. The molecule has 3 heterocycles. The van der Waals surface area contributed by atoms with Crippen LogP contribution in [0.2, 0.25) is 0 Å². The molecule has 0 aromatic carbocycles. The van der Waals surface area contributed by atoms with Crippen molar-refractivity contribution in [1.82, 2.24) is 15.1 Å². The van der Waals surface area contributed by atoms with Gasteiger partial charge in [-0.2, -0.15) is 0 Å². The van der Waals surface area contributed by atoms with Crippen LogP contribution < -0.4 is 5.32 Å². The first-order valence-corrected chi connectivity index (χ1v) is 8.54. The van der Waals surface area contributed by atoms with Gasteiger partial charge in [-0.25, -0.2) is 0 Å². The molecule has 0 aliphatic carbocycles. The lowest BCUT2D eigenvalue weighted by molar-refractivity contribution is -0.187. The van der Waals surface area contributed by atoms with Gasteiger partial charge < -0.3 is 19.7 Å². The number of ether oxygens (including phenoxy) is 2. The highest BCUT2D eigenvalue weighted by molar-refractivity contribution is 7.15. The molecular formula is C14H20N4O4S. The van der Waals surface area contributed by atoms with Crippen molar-refractivity contribution < 1.29 is 19.1 Å². The maximum absolute atomic E-state index is 12.2. The predicted molar refractivity (Wildman–Crippen MR) is 83.0 cm³/mol. The third-order valence-corrected chi connectivity index (χ3v) is 4.78. The van der Waals surface area contributed by atoms with Crippen LogP contribution in [0, 0.1) is 6.92 Å². The van der Waals surface area contributed by atoms with Gasteiger partial charge >= 0.3 is 0 Å². The van der Waals surface area contributed by atoms with Crippen LogP contribution in [0.3, 0.4) is 0 Å². The van der Waals surface area contributed by atoms with Gasteiger partial charge in [0.1, 0.15) is 5.01 Å². The molecule has 2 amide bonds. The third kappa shape index (κ3) is 4.04. The predicted octanol–water partition coefficient (Wildman–Crippen LogP) is 0.931. The van der Waals surface area contributed by atoms with Crippen molar-refractivity contribution in [3.8, 4) is 0 Å². The van der Waals surface area contributed by atoms with E-state index >= 15 is 0 Å². The number of hydrogen-bond donors (Lipinski definition) is 1. The topological polar surface area (TPSA) is 93.7 Å². The molecule has 1 aromatic rings. The summed E-state index contributed by atoms with van der Waals surface area (Å²) in [6.45, 7) is 4.28. The van der Waals surface area contributed by atoms with Crippen molar-refractivity contribution in [3.63, 3.8) is 0 Å². The lowest BCUT2D eigenvalue weighted by Gasteiger charge is -2.37. The average molecular weight is 340 g/mol. The third-order valence-electron chi connectivity index (χ3n) is 4.03. The Morgan fingerprint density at radius 1 is 1.22 bits per heavy atom. The fraction of sp³-hybridized carbons (Fsp3) is 0.714. The quantitative estimate of drug-likeness (QED) is 0.876. The Kier molecular flexibility index (Phi) is 4.88. The Labute approximate surface area is 138 Å². The Morgan fingerprint density at radius 2 is 1.91 bits per heavy atom. The van der Waals surface area contributed by atoms with E-state index in [0.717, 1.165) is 5.01 Å². The molecular weight excluding hydrogens is 320 g/mol. The molecule has 2 saturated heterocycles. The van der Waals surface area contributed by atoms with E-state index in [2.05, 4.69) is 15.5 Å². The van der Waals surface area contributed by atoms with Gasteiger partial charge in [-0.3, -0.25) is 9.59 Å². The highest BCUT2D eigenvalue weighted by Gasteiger charge is 2.40. The van der Waals surface area contributed by atoms with E-state index in [1.54, 1.807) is 4.90 Å². The fourth-order valence-corrected chi connectivity index (χ4v) is 3.40. The largest absolute Gasteiger partial charge is 0.347 e. The van der Waals surface area contributed by atoms with Crippen LogP contribution in [0.4, 0.5) is 5.13 Å². The molecule has 23 heavy (non-hydrogen) atoms. The summed E-state index contributed by atoms with van der Waals surface area (Å²) < 4.78 is 11.3. The molecule has 1 spiro atoms. The van der Waals surface area contributed by atoms with E-state index in [1.165, 1.54) is 11.3 Å². The number of nitrogens with one attached hydrogen (secondary N) is 1. The highest BCUT2D eigenvalue weighted by Crippen LogP contribution is 2.31. The minimum absolute atomic E-state index is 0.0126. The smallest absolute Gasteiger partial charge is 0.226 e. The van der Waals surface area contributed by atoms with Gasteiger partial charge in [-0.1, -0.05) is 11.3 Å². The van der Waals surface area contributed by atoms with Crippen molar-refractivity contribution in [2.75, 3.05) is 31.6 Å². The second-order valence-corrected chi connectivity index (χ2v) is 6.84. The Bertz CT molecular complexity index is 575. The SMILES string of the molecule is Cc1nnc(NC(=O)CCC(=O)N2CCC3(CC2)OCCO3)s1. The number of carbonyl (C=O) groups is 2. The number of amides is 2. The second kappa shape index (κ2) is 6.90. The fourth-order valence-electron chi connectivity index (χ4n) is 2.79. The summed E-state index contributed by atoms with van der Waals surface area (Å²) in [5.74, 6) is -0.712. The standard InChI is InChI=1S/C14H20N4O4S/c1-10-16-17-13(23-10)15-11(19)2-3-12(20)18-6-4-14(5-7-18)21-8-9-22-14/h2-9H2,1H3,(H,15,17,19). The molecule has 3 rings (SSSR count). The zero-order chi connectivity index (χ0) is 16.3. The highest BCUT2D eigenvalue weighted by atomic mass is 32.1. The number of anilines is 1. The van der Waals surface area contributed by atoms with Gasteiger partial charge in [-0.15, -0.1) is 10.2 Å². The van der Waals surface area contributed by atoms with Crippen LogP contribution in [0.25, 0.3) is 0 Å². The van der Waals surface area contributed by atoms with E-state index in [-0.39, 0.29) is 24.7 Å². The molecule has 0 bridgehead atoms. The summed E-state index contributed by atoms with van der Waals surface area (Å²) in [6, 6.07) is 0. The summed E-state index contributed by atoms with van der Waals surface area (Å²) in [5.41, 5.74) is 0. The molecule has 8 nitrogen and oxygen atoms in total. The minimum atomic E-state index is -0.482. The summed E-state index contributed by atoms with van der Waals surface area (Å²) in [7, 11) is 0. The number of aromatic nitrogens is 2. The minimum Gasteiger partial charge on any atom is -0.347 e. The monoisotopic (exact) mass is 340 g/mol. The molecule has 2 fully saturated rings. The van der Waals surface area contributed by atoms with Crippen molar-refractivity contribution in [2.45, 2.75) is 38.4 Å². The van der Waals surface area contributed by atoms with E-state index in [0.29, 0.717) is 44.3 Å². The van der Waals surface area contributed by atoms with Gasteiger partial charge in [0.25, 0.3) is 0 Å². The number of piperidine rings is 1. The maximum Gasteiger partial charge on any atom is 0.226 e. The number of nitrogens with zero attached hydrogens (tertiary/aromatic N) is 3. The Balaban J connectivity index is 1.40. The number of likely N-dealkylation sites (tertiary alicyclic amines) is 1. The molecule has 126 valence electrons. The molecule has 0 unspecified atom stereocenters. The van der Waals surface area contributed by atoms with Crippen molar-refractivity contribution in [1.29, 1.82) is 0 Å². The van der Waals surface area contributed by atoms with Crippen LogP contribution in [-0.4, -0.2) is 59.0 Å². The first-order chi connectivity index (χ1) is 11.1. The number of carbonyl (C=O) groups excluding carboxylic acids is 2. The van der Waals surface area contributed by atoms with Crippen molar-refractivity contribution in [3.05, 3.63) is 5.01 Å². The number of hydrogen-bond acceptors (Lipinski definition) is 7. The zero-order valence-corrected chi connectivity index (χ0v) is 13.9. The first kappa shape index (κ1) is 16.3. The van der Waals surface area contributed by atoms with Crippen LogP contribution in [0.1, 0.15) is 30.7 Å². The molecule has 0 radical (unpaired) electrons. The van der Waals surface area contributed by atoms with E-state index in [9.17, 15) is 9.59 Å². The van der Waals surface area contributed by atoms with Crippen LogP contribution in [0.5, 0.6) is 0 Å². The lowest BCUT2D eigenvalue weighted by Crippen LogP contribution is -2.47. The van der Waals surface area contributed by atoms with E-state index in [1.807, 2.05) is 6.92 Å². The van der Waals surface area contributed by atoms with Gasteiger partial charge in [0.15, 0.2) is 5.79 Å². The average Bonchev–Trinajstić information content (AvgIpc) is 3.15. The Morgan fingerprint density at radius 3 is 2.52 bits per heavy atom. The molecule has 0 atom stereocenters.